The average molecular weight is 1720 g/mol. The van der Waals surface area contributed by atoms with Crippen LogP contribution in [0.1, 0.15) is 80.8 Å². The molecule has 0 saturated carbocycles. The molecule has 6 fully saturated rings. The predicted molar refractivity (Wildman–Crippen MR) is 440 cm³/mol. The second kappa shape index (κ2) is 44.7. The van der Waals surface area contributed by atoms with Gasteiger partial charge in [0.05, 0.1) is 77.2 Å². The third-order valence-corrected chi connectivity index (χ3v) is 22.2. The molecule has 0 aliphatic carbocycles. The van der Waals surface area contributed by atoms with E-state index in [0.29, 0.717) is 28.7 Å². The molecule has 0 aromatic heterocycles. The molecule has 10 unspecified atom stereocenters. The molecular formula is C92H99N7O26. The highest BCUT2D eigenvalue weighted by Crippen LogP contribution is 2.43. The second-order valence-corrected chi connectivity index (χ2v) is 30.2. The van der Waals surface area contributed by atoms with Crippen LogP contribution in [0.2, 0.25) is 0 Å². The van der Waals surface area contributed by atoms with E-state index >= 15 is 14.4 Å². The number of ether oxygens (including phenoxy) is 21. The number of hydrogen-bond donors (Lipinski definition) is 1. The molecule has 0 radical (unpaired) electrons. The van der Waals surface area contributed by atoms with E-state index < -0.39 is 190 Å². The number of nitrogens with zero attached hydrogens (tertiary/aromatic N) is 6. The van der Waals surface area contributed by atoms with Crippen LogP contribution in [-0.2, 0) is 149 Å². The van der Waals surface area contributed by atoms with Gasteiger partial charge in [-0.25, -0.2) is 24.0 Å². The van der Waals surface area contributed by atoms with Crippen molar-refractivity contribution in [3.63, 3.8) is 0 Å². The molecule has 33 nitrogen and oxygen atoms in total. The zero-order valence-electron chi connectivity index (χ0n) is 69.2. The first-order valence-corrected chi connectivity index (χ1v) is 41.3. The van der Waals surface area contributed by atoms with Crippen molar-refractivity contribution in [2.45, 2.75) is 220 Å². The fourth-order valence-corrected chi connectivity index (χ4v) is 16.0. The van der Waals surface area contributed by atoms with Crippen LogP contribution < -0.4 is 5.32 Å². The normalized spacial score (nSPS) is 30.0. The summed E-state index contributed by atoms with van der Waals surface area (Å²) in [6, 6.07) is 67.2. The first-order chi connectivity index (χ1) is 61.2. The van der Waals surface area contributed by atoms with Gasteiger partial charge in [-0.05, 0) is 81.6 Å². The van der Waals surface area contributed by atoms with Gasteiger partial charge in [0, 0.05) is 16.9 Å². The number of carbonyl (C=O) groups excluding carboxylic acids is 5. The zero-order chi connectivity index (χ0) is 87.0. The van der Waals surface area contributed by atoms with Gasteiger partial charge in [-0.2, -0.15) is 0 Å². The molecule has 6 heterocycles. The van der Waals surface area contributed by atoms with Crippen LogP contribution in [0, 0.1) is 0 Å². The number of carbonyl (C=O) groups is 5. The molecule has 6 aliphatic heterocycles. The van der Waals surface area contributed by atoms with Crippen LogP contribution in [0.25, 0.3) is 20.9 Å². The number of hydrogen-bond acceptors (Lipinski definition) is 28. The second-order valence-electron chi connectivity index (χ2n) is 30.2. The summed E-state index contributed by atoms with van der Waals surface area (Å²) in [4.78, 5) is 80.0. The topological polar surface area (TPSA) is 389 Å². The van der Waals surface area contributed by atoms with E-state index in [-0.39, 0.29) is 57.2 Å². The van der Waals surface area contributed by atoms with Crippen LogP contribution in [0.5, 0.6) is 0 Å². The molecular weight excluding hydrogens is 1620 g/mol. The highest BCUT2D eigenvalue weighted by atomic mass is 16.8. The Bertz CT molecular complexity index is 4840. The first-order valence-electron chi connectivity index (χ1n) is 41.3. The lowest BCUT2D eigenvalue weighted by molar-refractivity contribution is -0.379. The summed E-state index contributed by atoms with van der Waals surface area (Å²) < 4.78 is 140. The third kappa shape index (κ3) is 22.6. The quantitative estimate of drug-likeness (QED) is 0.0123. The molecule has 6 saturated heterocycles. The van der Waals surface area contributed by atoms with Crippen molar-refractivity contribution in [3.05, 3.63) is 308 Å². The number of alkyl carbamates (subject to hydrolysis) is 1. The van der Waals surface area contributed by atoms with Crippen LogP contribution in [0.15, 0.2) is 253 Å². The Morgan fingerprint density at radius 2 is 0.712 bits per heavy atom. The van der Waals surface area contributed by atoms with Gasteiger partial charge in [0.15, 0.2) is 55.9 Å². The summed E-state index contributed by atoms with van der Waals surface area (Å²) in [7, 11) is 3.58. The van der Waals surface area contributed by atoms with E-state index in [1.807, 2.05) is 134 Å². The summed E-state index contributed by atoms with van der Waals surface area (Å²) in [6.45, 7) is 2.63. The maximum absolute atomic E-state index is 15.1. The molecule has 33 heteroatoms. The monoisotopic (exact) mass is 1720 g/mol. The lowest BCUT2D eigenvalue weighted by Gasteiger charge is -2.51. The van der Waals surface area contributed by atoms with Crippen molar-refractivity contribution >= 4 is 30.0 Å². The molecule has 8 aromatic rings. The lowest BCUT2D eigenvalue weighted by atomic mass is 9.93. The minimum absolute atomic E-state index is 0.0493. The number of esters is 4. The number of methoxy groups -OCH3 is 3. The van der Waals surface area contributed by atoms with Crippen LogP contribution >= 0.6 is 0 Å². The summed E-state index contributed by atoms with van der Waals surface area (Å²) in [5.41, 5.74) is 25.4. The van der Waals surface area contributed by atoms with Crippen LogP contribution in [0.3, 0.4) is 0 Å². The van der Waals surface area contributed by atoms with Crippen molar-refractivity contribution in [2.75, 3.05) is 27.9 Å². The molecule has 658 valence electrons. The fraction of sp³-hybridized carbons (Fsp3) is 0.424. The van der Waals surface area contributed by atoms with E-state index in [2.05, 4.69) is 25.4 Å². The van der Waals surface area contributed by atoms with Crippen molar-refractivity contribution in [1.29, 1.82) is 0 Å². The summed E-state index contributed by atoms with van der Waals surface area (Å²) in [5, 5.41) is 11.3. The molecule has 6 aliphatic rings. The Kier molecular flexibility index (Phi) is 32.2. The minimum atomic E-state index is -1.96. The SMILES string of the molecule is CCC1O[C@H](O[C@@H]2C(C(=O)OC)O[C@@H](O[C@@H]3C(CC)O[C@@H](O[C@H]4C(C(=O)OC)O[C@@H](O[C@@H]5C(COC(=O)c6ccccc6)O[C@H](OC)C(N=[N+]=[N-])[C@H]5OCc5ccccc5)C(OC(=O)c5ccccc5)[C@@H]4OCc4ccccc4)C4NC(=O)O[C@H]43)C(OCc3ccccc3)[C@H]2OCc2ccccc2)C(N=[N+]=[N-])[C@@H](OCc2ccccc2)[C@@H]1OCc1ccccc1. The maximum Gasteiger partial charge on any atom is 0.408 e. The van der Waals surface area contributed by atoms with E-state index in [0.717, 1.165) is 25.3 Å². The lowest BCUT2D eigenvalue weighted by Crippen LogP contribution is -2.69. The van der Waals surface area contributed by atoms with Crippen LogP contribution in [-0.4, -0.2) is 211 Å². The third-order valence-electron chi connectivity index (χ3n) is 22.2. The van der Waals surface area contributed by atoms with Crippen molar-refractivity contribution in [3.8, 4) is 0 Å². The molecule has 125 heavy (non-hydrogen) atoms. The highest BCUT2D eigenvalue weighted by molar-refractivity contribution is 5.90. The van der Waals surface area contributed by atoms with Gasteiger partial charge in [0.1, 0.15) is 91.9 Å². The van der Waals surface area contributed by atoms with E-state index in [1.54, 1.807) is 110 Å². The van der Waals surface area contributed by atoms with Gasteiger partial charge in [-0.15, -0.1) is 0 Å². The number of fused-ring (bicyclic) bond motifs is 1. The van der Waals surface area contributed by atoms with Gasteiger partial charge < -0.3 is 105 Å². The standard InChI is InChI=1S/C92H99N7O26/c1-6-63-69(108-48-55-32-16-8-17-33-55)72(109-49-56-34-18-9-19-35-56)68(97-99-94)89(115-63)122-77-75(111-51-58-38-22-11-23-39-58)81(113-53-60-42-26-13-27-43-60)90(123-79(77)85(102)105-3)119-70-64(7-2)116-88(66-74(70)125-92(104)95-66)121-78-76(112-52-59-40-24-12-25-41-59)82(118-84(101)62-46-30-15-31-47-62)91(124-80(78)86(103)106-4)120-71-65(54-114-83(100)61-44-28-14-29-45-61)117-87(107-5)67(96-98-93)73(71)110-50-57-36-20-10-21-37-57/h8-47,63-82,87-91H,6-7,48-54H2,1-5H3,(H,95,104)/t63?,64?,65?,66?,67?,68?,69-,70-,71-,72-,73-,74-,75+,76-,77+,78-,79?,80?,81?,82?,87+,88+,89-,90-,91-/m1/s1. The average Bonchev–Trinajstić information content (AvgIpc) is 1.58. The first kappa shape index (κ1) is 90.1. The van der Waals surface area contributed by atoms with Crippen LogP contribution in [0.4, 0.5) is 4.79 Å². The highest BCUT2D eigenvalue weighted by Gasteiger charge is 2.63. The van der Waals surface area contributed by atoms with E-state index in [1.165, 1.54) is 19.2 Å². The van der Waals surface area contributed by atoms with Gasteiger partial charge >= 0.3 is 30.0 Å². The van der Waals surface area contributed by atoms with E-state index in [9.17, 15) is 20.7 Å². The summed E-state index contributed by atoms with van der Waals surface area (Å²) in [5.74, 6) is -3.76. The number of nitrogens with one attached hydrogen (secondary N) is 1. The molecule has 25 atom stereocenters. The molecule has 0 bridgehead atoms. The Labute approximate surface area is 721 Å². The molecule has 1 amide bonds. The number of azide groups is 2. The van der Waals surface area contributed by atoms with E-state index in [4.69, 9.17) is 99.5 Å². The zero-order valence-corrected chi connectivity index (χ0v) is 69.2. The van der Waals surface area contributed by atoms with Crippen molar-refractivity contribution < 1.29 is 123 Å². The number of amides is 1. The Morgan fingerprint density at radius 3 is 1.14 bits per heavy atom. The molecule has 0 spiro atoms. The molecule has 1 N–H and O–H groups in total. The fourth-order valence-electron chi connectivity index (χ4n) is 16.0. The molecule has 14 rings (SSSR count). The minimum Gasteiger partial charge on any atom is -0.467 e. The number of benzene rings is 8. The Hall–Kier alpha value is -11.1. The Balaban J connectivity index is 0.824. The Morgan fingerprint density at radius 1 is 0.368 bits per heavy atom. The van der Waals surface area contributed by atoms with Gasteiger partial charge in [0.2, 0.25) is 0 Å². The number of rotatable bonds is 38. The summed E-state index contributed by atoms with van der Waals surface area (Å²) in [6.07, 6.45) is -33.4. The van der Waals surface area contributed by atoms with Gasteiger partial charge in [-0.1, -0.05) is 242 Å². The van der Waals surface area contributed by atoms with Crippen molar-refractivity contribution in [1.82, 2.24) is 5.32 Å². The smallest absolute Gasteiger partial charge is 0.408 e. The predicted octanol–water partition coefficient (Wildman–Crippen LogP) is 12.4. The largest absolute Gasteiger partial charge is 0.467 e. The van der Waals surface area contributed by atoms with Gasteiger partial charge in [0.25, 0.3) is 0 Å². The van der Waals surface area contributed by atoms with Gasteiger partial charge in [-0.3, -0.25) is 0 Å². The summed E-state index contributed by atoms with van der Waals surface area (Å²) >= 11 is 0. The van der Waals surface area contributed by atoms with Crippen molar-refractivity contribution in [2.24, 2.45) is 10.2 Å². The maximum atomic E-state index is 15.1. The molecule has 8 aromatic carbocycles.